The fourth-order valence-electron chi connectivity index (χ4n) is 2.62. The largest absolute Gasteiger partial charge is 0.454 e. The number of fused-ring (bicyclic) bond motifs is 1. The molecule has 1 aromatic heterocycles. The SMILES string of the molecule is C[C@H](NC(=O)/C=C/c1ccccc1)c1nc(-c2ccc3c(c2)OCO3)no1. The summed E-state index contributed by atoms with van der Waals surface area (Å²) in [6.07, 6.45) is 3.22. The third-order valence-corrected chi connectivity index (χ3v) is 4.03. The van der Waals surface area contributed by atoms with Gasteiger partial charge in [-0.15, -0.1) is 0 Å². The first kappa shape index (κ1) is 16.8. The van der Waals surface area contributed by atoms with E-state index in [1.54, 1.807) is 25.1 Å². The van der Waals surface area contributed by atoms with Gasteiger partial charge in [-0.3, -0.25) is 4.79 Å². The number of nitrogens with one attached hydrogen (secondary N) is 1. The number of amides is 1. The van der Waals surface area contributed by atoms with Crippen LogP contribution < -0.4 is 14.8 Å². The van der Waals surface area contributed by atoms with Gasteiger partial charge in [-0.25, -0.2) is 0 Å². The Hall–Kier alpha value is -3.61. The van der Waals surface area contributed by atoms with E-state index in [4.69, 9.17) is 14.0 Å². The lowest BCUT2D eigenvalue weighted by atomic mass is 10.2. The zero-order chi connectivity index (χ0) is 18.6. The van der Waals surface area contributed by atoms with Gasteiger partial charge in [0.05, 0.1) is 0 Å². The smallest absolute Gasteiger partial charge is 0.249 e. The van der Waals surface area contributed by atoms with Gasteiger partial charge in [0.2, 0.25) is 24.4 Å². The second-order valence-corrected chi connectivity index (χ2v) is 6.00. The monoisotopic (exact) mass is 363 g/mol. The minimum absolute atomic E-state index is 0.204. The van der Waals surface area contributed by atoms with Crippen LogP contribution in [-0.2, 0) is 4.79 Å². The molecule has 0 bridgehead atoms. The second kappa shape index (κ2) is 7.33. The van der Waals surface area contributed by atoms with Crippen LogP contribution in [0.4, 0.5) is 0 Å². The normalized spacial score (nSPS) is 13.7. The molecule has 1 aliphatic rings. The van der Waals surface area contributed by atoms with E-state index in [0.29, 0.717) is 23.2 Å². The summed E-state index contributed by atoms with van der Waals surface area (Å²) in [6.45, 7) is 1.99. The van der Waals surface area contributed by atoms with Crippen molar-refractivity contribution in [3.05, 3.63) is 66.1 Å². The van der Waals surface area contributed by atoms with E-state index in [9.17, 15) is 4.79 Å². The van der Waals surface area contributed by atoms with Gasteiger partial charge in [-0.2, -0.15) is 4.98 Å². The van der Waals surface area contributed by atoms with Crippen molar-refractivity contribution in [2.24, 2.45) is 0 Å². The lowest BCUT2D eigenvalue weighted by Crippen LogP contribution is -2.24. The molecule has 0 radical (unpaired) electrons. The third-order valence-electron chi connectivity index (χ3n) is 4.03. The number of hydrogen-bond acceptors (Lipinski definition) is 6. The highest BCUT2D eigenvalue weighted by Gasteiger charge is 2.19. The summed E-state index contributed by atoms with van der Waals surface area (Å²) >= 11 is 0. The molecule has 1 atom stereocenters. The Morgan fingerprint density at radius 3 is 2.81 bits per heavy atom. The molecule has 0 aliphatic carbocycles. The number of nitrogens with zero attached hydrogens (tertiary/aromatic N) is 2. The van der Waals surface area contributed by atoms with E-state index >= 15 is 0 Å². The predicted octanol–water partition coefficient (Wildman–Crippen LogP) is 3.36. The highest BCUT2D eigenvalue weighted by atomic mass is 16.7. The molecule has 1 N–H and O–H groups in total. The molecule has 27 heavy (non-hydrogen) atoms. The van der Waals surface area contributed by atoms with Crippen molar-refractivity contribution in [3.63, 3.8) is 0 Å². The van der Waals surface area contributed by atoms with Crippen LogP contribution in [-0.4, -0.2) is 22.8 Å². The van der Waals surface area contributed by atoms with Crippen LogP contribution in [0.5, 0.6) is 11.5 Å². The van der Waals surface area contributed by atoms with Crippen molar-refractivity contribution in [1.82, 2.24) is 15.5 Å². The fraction of sp³-hybridized carbons (Fsp3) is 0.150. The first-order chi connectivity index (χ1) is 13.2. The summed E-state index contributed by atoms with van der Waals surface area (Å²) < 4.78 is 15.9. The molecule has 0 spiro atoms. The van der Waals surface area contributed by atoms with Gasteiger partial charge in [0.1, 0.15) is 6.04 Å². The van der Waals surface area contributed by atoms with E-state index < -0.39 is 6.04 Å². The van der Waals surface area contributed by atoms with Gasteiger partial charge >= 0.3 is 0 Å². The first-order valence-electron chi connectivity index (χ1n) is 8.46. The average Bonchev–Trinajstić information content (AvgIpc) is 3.36. The van der Waals surface area contributed by atoms with E-state index in [1.165, 1.54) is 6.08 Å². The Kier molecular flexibility index (Phi) is 4.57. The number of benzene rings is 2. The van der Waals surface area contributed by atoms with Gasteiger partial charge in [-0.1, -0.05) is 35.5 Å². The predicted molar refractivity (Wildman–Crippen MR) is 97.9 cm³/mol. The van der Waals surface area contributed by atoms with Crippen LogP contribution in [0.15, 0.2) is 59.1 Å². The average molecular weight is 363 g/mol. The van der Waals surface area contributed by atoms with Crippen LogP contribution in [0.1, 0.15) is 24.4 Å². The lowest BCUT2D eigenvalue weighted by Gasteiger charge is -2.06. The first-order valence-corrected chi connectivity index (χ1v) is 8.46. The number of hydrogen-bond donors (Lipinski definition) is 1. The zero-order valence-corrected chi connectivity index (χ0v) is 14.6. The molecule has 7 nitrogen and oxygen atoms in total. The zero-order valence-electron chi connectivity index (χ0n) is 14.6. The summed E-state index contributed by atoms with van der Waals surface area (Å²) in [4.78, 5) is 16.5. The molecule has 0 fully saturated rings. The number of aromatic nitrogens is 2. The van der Waals surface area contributed by atoms with E-state index in [1.807, 2.05) is 36.4 Å². The topological polar surface area (TPSA) is 86.5 Å². The fourth-order valence-corrected chi connectivity index (χ4v) is 2.62. The van der Waals surface area contributed by atoms with Crippen molar-refractivity contribution < 1.29 is 18.8 Å². The van der Waals surface area contributed by atoms with Crippen LogP contribution in [0, 0.1) is 0 Å². The van der Waals surface area contributed by atoms with Crippen molar-refractivity contribution >= 4 is 12.0 Å². The Balaban J connectivity index is 1.42. The van der Waals surface area contributed by atoms with Crippen LogP contribution in [0.3, 0.4) is 0 Å². The van der Waals surface area contributed by atoms with Gasteiger partial charge in [-0.05, 0) is 36.8 Å². The van der Waals surface area contributed by atoms with E-state index in [-0.39, 0.29) is 12.7 Å². The van der Waals surface area contributed by atoms with Crippen LogP contribution in [0.25, 0.3) is 17.5 Å². The highest BCUT2D eigenvalue weighted by molar-refractivity contribution is 5.91. The highest BCUT2D eigenvalue weighted by Crippen LogP contribution is 2.35. The number of carbonyl (C=O) groups is 1. The van der Waals surface area contributed by atoms with Gasteiger partial charge < -0.3 is 19.3 Å². The maximum absolute atomic E-state index is 12.1. The summed E-state index contributed by atoms with van der Waals surface area (Å²) in [6, 6.07) is 14.6. The van der Waals surface area contributed by atoms with Gasteiger partial charge in [0.15, 0.2) is 11.5 Å². The molecule has 136 valence electrons. The molecule has 0 saturated heterocycles. The van der Waals surface area contributed by atoms with Crippen molar-refractivity contribution in [1.29, 1.82) is 0 Å². The van der Waals surface area contributed by atoms with E-state index in [0.717, 1.165) is 11.1 Å². The number of carbonyl (C=O) groups excluding carboxylic acids is 1. The Morgan fingerprint density at radius 1 is 1.15 bits per heavy atom. The molecule has 0 unspecified atom stereocenters. The van der Waals surface area contributed by atoms with Crippen LogP contribution >= 0.6 is 0 Å². The molecule has 2 heterocycles. The minimum atomic E-state index is -0.423. The molecule has 4 rings (SSSR count). The van der Waals surface area contributed by atoms with Crippen molar-refractivity contribution in [2.45, 2.75) is 13.0 Å². The number of ether oxygens (including phenoxy) is 2. The third kappa shape index (κ3) is 3.82. The van der Waals surface area contributed by atoms with Gasteiger partial charge in [0.25, 0.3) is 0 Å². The molecule has 7 heteroatoms. The molecule has 2 aromatic carbocycles. The van der Waals surface area contributed by atoms with Crippen molar-refractivity contribution in [2.75, 3.05) is 6.79 Å². The van der Waals surface area contributed by atoms with Crippen molar-refractivity contribution in [3.8, 4) is 22.9 Å². The molecular weight excluding hydrogens is 346 g/mol. The molecule has 3 aromatic rings. The molecule has 1 aliphatic heterocycles. The molecule has 0 saturated carbocycles. The molecule has 1 amide bonds. The maximum atomic E-state index is 12.1. The minimum Gasteiger partial charge on any atom is -0.454 e. The Labute approximate surface area is 155 Å². The summed E-state index contributed by atoms with van der Waals surface area (Å²) in [7, 11) is 0. The Morgan fingerprint density at radius 2 is 1.96 bits per heavy atom. The van der Waals surface area contributed by atoms with Gasteiger partial charge in [0, 0.05) is 11.6 Å². The number of rotatable bonds is 5. The van der Waals surface area contributed by atoms with Crippen LogP contribution in [0.2, 0.25) is 0 Å². The maximum Gasteiger partial charge on any atom is 0.249 e. The second-order valence-electron chi connectivity index (χ2n) is 6.00. The standard InChI is InChI=1S/C20H17N3O4/c1-13(21-18(24)10-7-14-5-3-2-4-6-14)20-22-19(23-27-20)15-8-9-16-17(11-15)26-12-25-16/h2-11,13H,12H2,1H3,(H,21,24)/b10-7+/t13-/m0/s1. The summed E-state index contributed by atoms with van der Waals surface area (Å²) in [5.74, 6) is 1.84. The quantitative estimate of drug-likeness (QED) is 0.700. The molecular formula is C20H17N3O4. The Bertz CT molecular complexity index is 982. The van der Waals surface area contributed by atoms with E-state index in [2.05, 4.69) is 15.5 Å². The summed E-state index contributed by atoms with van der Waals surface area (Å²) in [5, 5.41) is 6.79. The lowest BCUT2D eigenvalue weighted by molar-refractivity contribution is -0.117. The summed E-state index contributed by atoms with van der Waals surface area (Å²) in [5.41, 5.74) is 1.69.